The van der Waals surface area contributed by atoms with Gasteiger partial charge in [0.15, 0.2) is 0 Å². The molecule has 0 saturated heterocycles. The third-order valence-corrected chi connectivity index (χ3v) is 3.14. The quantitative estimate of drug-likeness (QED) is 0.649. The summed E-state index contributed by atoms with van der Waals surface area (Å²) in [5.74, 6) is 0. The number of benzene rings is 1. The molecule has 2 unspecified atom stereocenters. The highest BCUT2D eigenvalue weighted by Gasteiger charge is 2.13. The van der Waals surface area contributed by atoms with Crippen molar-refractivity contribution in [3.8, 4) is 0 Å². The normalized spacial score (nSPS) is 13.9. The fourth-order valence-electron chi connectivity index (χ4n) is 2.17. The van der Waals surface area contributed by atoms with Crippen molar-refractivity contribution >= 4 is 5.69 Å². The number of nitro groups is 1. The van der Waals surface area contributed by atoms with Gasteiger partial charge in [-0.1, -0.05) is 12.1 Å². The summed E-state index contributed by atoms with van der Waals surface area (Å²) in [5, 5.41) is 18.4. The Balaban J connectivity index is 1.98. The largest absolute Gasteiger partial charge is 0.306 e. The van der Waals surface area contributed by atoms with Crippen LogP contribution >= 0.6 is 0 Å². The first-order valence-corrected chi connectivity index (χ1v) is 6.54. The number of rotatable bonds is 6. The maximum Gasteiger partial charge on any atom is 0.269 e. The number of non-ortho nitro benzene ring substituents is 1. The number of hydrogen-bond acceptors (Lipinski definition) is 4. The molecule has 0 aliphatic heterocycles. The van der Waals surface area contributed by atoms with Crippen LogP contribution in [-0.2, 0) is 6.54 Å². The molecule has 0 radical (unpaired) electrons. The molecular formula is C14H18N4O2. The van der Waals surface area contributed by atoms with Crippen LogP contribution in [0, 0.1) is 10.1 Å². The van der Waals surface area contributed by atoms with E-state index in [0.29, 0.717) is 0 Å². The van der Waals surface area contributed by atoms with Gasteiger partial charge < -0.3 is 5.32 Å². The van der Waals surface area contributed by atoms with Crippen LogP contribution in [0.15, 0.2) is 42.7 Å². The summed E-state index contributed by atoms with van der Waals surface area (Å²) in [6.45, 7) is 4.82. The van der Waals surface area contributed by atoms with Gasteiger partial charge in [0.2, 0.25) is 0 Å². The van der Waals surface area contributed by atoms with Gasteiger partial charge in [0.05, 0.1) is 11.5 Å². The summed E-state index contributed by atoms with van der Waals surface area (Å²) in [7, 11) is 0. The van der Waals surface area contributed by atoms with Crippen molar-refractivity contribution < 1.29 is 4.92 Å². The van der Waals surface area contributed by atoms with Crippen LogP contribution in [0.4, 0.5) is 5.69 Å². The highest BCUT2D eigenvalue weighted by Crippen LogP contribution is 2.19. The predicted molar refractivity (Wildman–Crippen MR) is 76.3 cm³/mol. The van der Waals surface area contributed by atoms with Gasteiger partial charge in [0.25, 0.3) is 5.69 Å². The van der Waals surface area contributed by atoms with Crippen molar-refractivity contribution in [3.05, 3.63) is 58.4 Å². The molecule has 0 aliphatic rings. The third kappa shape index (κ3) is 3.64. The molecule has 2 atom stereocenters. The molecule has 0 bridgehead atoms. The van der Waals surface area contributed by atoms with Gasteiger partial charge in [-0.15, -0.1) is 0 Å². The van der Waals surface area contributed by atoms with Gasteiger partial charge in [-0.25, -0.2) is 0 Å². The summed E-state index contributed by atoms with van der Waals surface area (Å²) in [5.41, 5.74) is 1.03. The Labute approximate surface area is 117 Å². The van der Waals surface area contributed by atoms with E-state index in [1.54, 1.807) is 18.3 Å². The van der Waals surface area contributed by atoms with Gasteiger partial charge in [0, 0.05) is 36.6 Å². The molecule has 20 heavy (non-hydrogen) atoms. The van der Waals surface area contributed by atoms with E-state index in [4.69, 9.17) is 0 Å². The number of nitrogens with zero attached hydrogens (tertiary/aromatic N) is 3. The molecule has 0 saturated carbocycles. The second kappa shape index (κ2) is 6.29. The Morgan fingerprint density at radius 1 is 1.40 bits per heavy atom. The first-order valence-electron chi connectivity index (χ1n) is 6.54. The first-order chi connectivity index (χ1) is 9.56. The Bertz CT molecular complexity index is 568. The summed E-state index contributed by atoms with van der Waals surface area (Å²) >= 11 is 0. The number of hydrogen-bond donors (Lipinski definition) is 1. The fourth-order valence-corrected chi connectivity index (χ4v) is 2.17. The smallest absolute Gasteiger partial charge is 0.269 e. The summed E-state index contributed by atoms with van der Waals surface area (Å²) in [4.78, 5) is 10.4. The van der Waals surface area contributed by atoms with Crippen LogP contribution in [0.25, 0.3) is 0 Å². The van der Waals surface area contributed by atoms with Crippen molar-refractivity contribution in [1.82, 2.24) is 15.1 Å². The standard InChI is InChI=1S/C14H18N4O2/c1-11(10-17-8-4-7-15-17)16-12(2)13-5-3-6-14(9-13)18(19)20/h3-9,11-12,16H,10H2,1-2H3. The van der Waals surface area contributed by atoms with E-state index >= 15 is 0 Å². The lowest BCUT2D eigenvalue weighted by Crippen LogP contribution is -2.32. The number of aromatic nitrogens is 2. The average molecular weight is 274 g/mol. The SMILES string of the molecule is CC(Cn1cccn1)NC(C)c1cccc([N+](=O)[O-])c1. The van der Waals surface area contributed by atoms with Crippen molar-refractivity contribution in [2.24, 2.45) is 0 Å². The molecule has 2 rings (SSSR count). The van der Waals surface area contributed by atoms with Crippen LogP contribution in [0.1, 0.15) is 25.5 Å². The lowest BCUT2D eigenvalue weighted by atomic mass is 10.1. The highest BCUT2D eigenvalue weighted by atomic mass is 16.6. The van der Waals surface area contributed by atoms with Crippen molar-refractivity contribution in [3.63, 3.8) is 0 Å². The molecule has 1 heterocycles. The molecule has 106 valence electrons. The number of nitrogens with one attached hydrogen (secondary N) is 1. The zero-order valence-corrected chi connectivity index (χ0v) is 11.6. The Morgan fingerprint density at radius 2 is 2.20 bits per heavy atom. The molecule has 0 aliphatic carbocycles. The average Bonchev–Trinajstić information content (AvgIpc) is 2.91. The van der Waals surface area contributed by atoms with E-state index in [-0.39, 0.29) is 22.7 Å². The molecule has 6 nitrogen and oxygen atoms in total. The van der Waals surface area contributed by atoms with Crippen LogP contribution in [0.3, 0.4) is 0 Å². The minimum atomic E-state index is -0.372. The maximum atomic E-state index is 10.8. The van der Waals surface area contributed by atoms with Gasteiger partial charge in [-0.2, -0.15) is 5.10 Å². The van der Waals surface area contributed by atoms with Gasteiger partial charge in [0.1, 0.15) is 0 Å². The Kier molecular flexibility index (Phi) is 4.47. The summed E-state index contributed by atoms with van der Waals surface area (Å²) in [6, 6.07) is 8.86. The predicted octanol–water partition coefficient (Wildman–Crippen LogP) is 2.53. The second-order valence-electron chi connectivity index (χ2n) is 4.87. The van der Waals surface area contributed by atoms with Gasteiger partial charge in [-0.3, -0.25) is 14.8 Å². The minimum Gasteiger partial charge on any atom is -0.306 e. The van der Waals surface area contributed by atoms with Crippen molar-refractivity contribution in [2.75, 3.05) is 0 Å². The molecule has 6 heteroatoms. The Hall–Kier alpha value is -2.21. The second-order valence-corrected chi connectivity index (χ2v) is 4.87. The van der Waals surface area contributed by atoms with E-state index in [9.17, 15) is 10.1 Å². The zero-order chi connectivity index (χ0) is 14.5. The zero-order valence-electron chi connectivity index (χ0n) is 11.6. The number of nitro benzene ring substituents is 1. The minimum absolute atomic E-state index is 0.0421. The van der Waals surface area contributed by atoms with E-state index in [1.165, 1.54) is 6.07 Å². The first kappa shape index (κ1) is 14.2. The molecule has 0 fully saturated rings. The van der Waals surface area contributed by atoms with E-state index in [1.807, 2.05) is 29.9 Å². The van der Waals surface area contributed by atoms with Gasteiger partial charge in [-0.05, 0) is 25.5 Å². The molecule has 1 aromatic heterocycles. The Morgan fingerprint density at radius 3 is 2.85 bits per heavy atom. The summed E-state index contributed by atoms with van der Waals surface area (Å²) < 4.78 is 1.86. The van der Waals surface area contributed by atoms with Crippen LogP contribution < -0.4 is 5.32 Å². The van der Waals surface area contributed by atoms with Crippen molar-refractivity contribution in [2.45, 2.75) is 32.5 Å². The monoisotopic (exact) mass is 274 g/mol. The third-order valence-electron chi connectivity index (χ3n) is 3.14. The van der Waals surface area contributed by atoms with E-state index in [2.05, 4.69) is 17.3 Å². The lowest BCUT2D eigenvalue weighted by molar-refractivity contribution is -0.384. The van der Waals surface area contributed by atoms with Gasteiger partial charge >= 0.3 is 0 Å². The topological polar surface area (TPSA) is 73.0 Å². The van der Waals surface area contributed by atoms with Crippen LogP contribution in [-0.4, -0.2) is 20.7 Å². The molecule has 1 N–H and O–H groups in total. The van der Waals surface area contributed by atoms with E-state index < -0.39 is 0 Å². The van der Waals surface area contributed by atoms with Crippen molar-refractivity contribution in [1.29, 1.82) is 0 Å². The highest BCUT2D eigenvalue weighted by molar-refractivity contribution is 5.35. The summed E-state index contributed by atoms with van der Waals surface area (Å²) in [6.07, 6.45) is 3.66. The van der Waals surface area contributed by atoms with Crippen LogP contribution in [0.5, 0.6) is 0 Å². The molecule has 2 aromatic rings. The lowest BCUT2D eigenvalue weighted by Gasteiger charge is -2.20. The molecule has 0 spiro atoms. The fraction of sp³-hybridized carbons (Fsp3) is 0.357. The van der Waals surface area contributed by atoms with Crippen LogP contribution in [0.2, 0.25) is 0 Å². The maximum absolute atomic E-state index is 10.8. The van der Waals surface area contributed by atoms with E-state index in [0.717, 1.165) is 12.1 Å². The molecular weight excluding hydrogens is 256 g/mol. The molecule has 1 aromatic carbocycles. The molecule has 0 amide bonds.